The van der Waals surface area contributed by atoms with E-state index in [9.17, 15) is 9.90 Å². The Morgan fingerprint density at radius 3 is 2.75 bits per heavy atom. The standard InChI is InChI=1S/C20H27NO3/c1-19-8-7-14-12(13(19)5-6-16(19)22)3-4-15-18(23)17-11(10-24-21-17)9-20(14,15)2/h10,12-16,22H,3-9H2,1-2H3/t12-,13-,14-,15-,16-,19-,20+/m0/s1. The molecule has 0 radical (unpaired) electrons. The zero-order chi connectivity index (χ0) is 16.7. The monoisotopic (exact) mass is 329 g/mol. The molecule has 0 saturated heterocycles. The highest BCUT2D eigenvalue weighted by Gasteiger charge is 2.61. The number of fused-ring (bicyclic) bond motifs is 6. The first-order chi connectivity index (χ1) is 11.4. The molecule has 7 atom stereocenters. The molecule has 1 aromatic rings. The first-order valence-corrected chi connectivity index (χ1v) is 9.60. The predicted octanol–water partition coefficient (Wildman–Crippen LogP) is 3.63. The van der Waals surface area contributed by atoms with Crippen LogP contribution in [0.4, 0.5) is 0 Å². The average Bonchev–Trinajstić information content (AvgIpc) is 3.12. The average molecular weight is 329 g/mol. The van der Waals surface area contributed by atoms with Gasteiger partial charge in [-0.15, -0.1) is 0 Å². The van der Waals surface area contributed by atoms with Crippen LogP contribution in [0.5, 0.6) is 0 Å². The molecular weight excluding hydrogens is 302 g/mol. The number of hydrogen-bond donors (Lipinski definition) is 1. The minimum Gasteiger partial charge on any atom is -0.393 e. The fraction of sp³-hybridized carbons (Fsp3) is 0.800. The van der Waals surface area contributed by atoms with Crippen LogP contribution in [0.25, 0.3) is 0 Å². The second kappa shape index (κ2) is 4.72. The Bertz CT molecular complexity index is 697. The molecule has 0 aliphatic heterocycles. The van der Waals surface area contributed by atoms with Crippen molar-refractivity contribution < 1.29 is 14.4 Å². The van der Waals surface area contributed by atoms with Crippen LogP contribution < -0.4 is 0 Å². The van der Waals surface area contributed by atoms with Gasteiger partial charge in [-0.3, -0.25) is 4.79 Å². The van der Waals surface area contributed by atoms with Gasteiger partial charge >= 0.3 is 0 Å². The number of ketones is 1. The number of aromatic nitrogens is 1. The van der Waals surface area contributed by atoms with Crippen molar-refractivity contribution in [3.05, 3.63) is 17.5 Å². The van der Waals surface area contributed by atoms with Crippen LogP contribution in [0.3, 0.4) is 0 Å². The Balaban J connectivity index is 1.54. The third kappa shape index (κ3) is 1.68. The van der Waals surface area contributed by atoms with Gasteiger partial charge in [0.05, 0.1) is 6.10 Å². The Morgan fingerprint density at radius 2 is 1.92 bits per heavy atom. The molecule has 1 N–H and O–H groups in total. The van der Waals surface area contributed by atoms with Crippen LogP contribution in [0, 0.1) is 34.5 Å². The number of carbonyl (C=O) groups excluding carboxylic acids is 1. The maximum atomic E-state index is 13.0. The topological polar surface area (TPSA) is 63.3 Å². The van der Waals surface area contributed by atoms with Gasteiger partial charge < -0.3 is 9.63 Å². The van der Waals surface area contributed by atoms with E-state index in [1.807, 2.05) is 0 Å². The number of aliphatic hydroxyl groups is 1. The van der Waals surface area contributed by atoms with E-state index in [0.717, 1.165) is 50.5 Å². The highest BCUT2D eigenvalue weighted by atomic mass is 16.5. The van der Waals surface area contributed by atoms with Gasteiger partial charge in [-0.05, 0) is 73.5 Å². The van der Waals surface area contributed by atoms with Crippen molar-refractivity contribution in [3.8, 4) is 0 Å². The highest BCUT2D eigenvalue weighted by molar-refractivity contribution is 5.99. The SMILES string of the molecule is C[C@]12Cc3conc3C(=O)[C@@H]1CC[C@@H]1[C@@H]2CC[C@]2(C)[C@@H](O)CC[C@@H]12. The zero-order valence-electron chi connectivity index (χ0n) is 14.6. The van der Waals surface area contributed by atoms with Crippen molar-refractivity contribution in [3.63, 3.8) is 0 Å². The molecule has 1 aromatic heterocycles. The second-order valence-corrected chi connectivity index (χ2v) is 9.38. The van der Waals surface area contributed by atoms with E-state index >= 15 is 0 Å². The number of carbonyl (C=O) groups is 1. The predicted molar refractivity (Wildman–Crippen MR) is 88.4 cm³/mol. The van der Waals surface area contributed by atoms with E-state index in [-0.39, 0.29) is 28.6 Å². The van der Waals surface area contributed by atoms with E-state index in [0.29, 0.717) is 23.4 Å². The summed E-state index contributed by atoms with van der Waals surface area (Å²) in [5.41, 5.74) is 1.74. The van der Waals surface area contributed by atoms with Gasteiger partial charge in [-0.1, -0.05) is 19.0 Å². The lowest BCUT2D eigenvalue weighted by Crippen LogP contribution is -2.56. The molecule has 24 heavy (non-hydrogen) atoms. The van der Waals surface area contributed by atoms with Crippen molar-refractivity contribution in [1.82, 2.24) is 5.16 Å². The first-order valence-electron chi connectivity index (χ1n) is 9.60. The summed E-state index contributed by atoms with van der Waals surface area (Å²) in [6, 6.07) is 0. The summed E-state index contributed by atoms with van der Waals surface area (Å²) in [6.45, 7) is 4.65. The minimum atomic E-state index is -0.133. The van der Waals surface area contributed by atoms with Gasteiger partial charge in [-0.2, -0.15) is 0 Å². The quantitative estimate of drug-likeness (QED) is 0.789. The smallest absolute Gasteiger partial charge is 0.188 e. The molecule has 0 unspecified atom stereocenters. The number of hydrogen-bond acceptors (Lipinski definition) is 4. The molecular formula is C20H27NO3. The molecule has 0 spiro atoms. The second-order valence-electron chi connectivity index (χ2n) is 9.38. The van der Waals surface area contributed by atoms with Crippen LogP contribution in [0.15, 0.2) is 10.8 Å². The lowest BCUT2D eigenvalue weighted by molar-refractivity contribution is -0.102. The van der Waals surface area contributed by atoms with E-state index in [4.69, 9.17) is 4.52 Å². The van der Waals surface area contributed by atoms with Crippen molar-refractivity contribution in [1.29, 1.82) is 0 Å². The fourth-order valence-electron chi connectivity index (χ4n) is 7.27. The first kappa shape index (κ1) is 15.1. The van der Waals surface area contributed by atoms with Gasteiger partial charge in [0.25, 0.3) is 0 Å². The molecule has 1 heterocycles. The molecule has 3 fully saturated rings. The maximum absolute atomic E-state index is 13.0. The van der Waals surface area contributed by atoms with E-state index < -0.39 is 0 Å². The van der Waals surface area contributed by atoms with Crippen LogP contribution in [-0.4, -0.2) is 22.2 Å². The molecule has 4 nitrogen and oxygen atoms in total. The normalized spacial score (nSPS) is 50.0. The van der Waals surface area contributed by atoms with E-state index in [1.165, 1.54) is 0 Å². The third-order valence-corrected chi connectivity index (χ3v) is 8.58. The zero-order valence-corrected chi connectivity index (χ0v) is 14.6. The summed E-state index contributed by atoms with van der Waals surface area (Å²) < 4.78 is 5.12. The van der Waals surface area contributed by atoms with Crippen molar-refractivity contribution in [2.45, 2.75) is 64.9 Å². The Labute approximate surface area is 143 Å². The van der Waals surface area contributed by atoms with Crippen LogP contribution in [-0.2, 0) is 6.42 Å². The van der Waals surface area contributed by atoms with Crippen LogP contribution >= 0.6 is 0 Å². The van der Waals surface area contributed by atoms with Crippen LogP contribution in [0.1, 0.15) is 68.4 Å². The Kier molecular flexibility index (Phi) is 2.97. The van der Waals surface area contributed by atoms with Crippen molar-refractivity contribution in [2.24, 2.45) is 34.5 Å². The number of nitrogens with zero attached hydrogens (tertiary/aromatic N) is 1. The Morgan fingerprint density at radius 1 is 1.12 bits per heavy atom. The summed E-state index contributed by atoms with van der Waals surface area (Å²) in [5.74, 6) is 2.20. The highest BCUT2D eigenvalue weighted by Crippen LogP contribution is 2.65. The van der Waals surface area contributed by atoms with Gasteiger partial charge in [0.1, 0.15) is 6.26 Å². The minimum absolute atomic E-state index is 0.0351. The van der Waals surface area contributed by atoms with E-state index in [1.54, 1.807) is 6.26 Å². The number of aliphatic hydroxyl groups excluding tert-OH is 1. The third-order valence-electron chi connectivity index (χ3n) is 8.58. The molecule has 0 bridgehead atoms. The molecule has 0 amide bonds. The summed E-state index contributed by atoms with van der Waals surface area (Å²) in [6.07, 6.45) is 8.96. The molecule has 130 valence electrons. The van der Waals surface area contributed by atoms with Gasteiger partial charge in [0, 0.05) is 11.5 Å². The maximum Gasteiger partial charge on any atom is 0.188 e. The number of rotatable bonds is 0. The number of Topliss-reactive ketones (excluding diaryl/α,β-unsaturated/α-hetero) is 1. The molecule has 4 aliphatic carbocycles. The van der Waals surface area contributed by atoms with Gasteiger partial charge in [0.15, 0.2) is 11.5 Å². The molecule has 4 heteroatoms. The summed E-state index contributed by atoms with van der Waals surface area (Å²) in [7, 11) is 0. The van der Waals surface area contributed by atoms with Gasteiger partial charge in [-0.25, -0.2) is 0 Å². The lowest BCUT2D eigenvalue weighted by Gasteiger charge is -2.59. The Hall–Kier alpha value is -1.16. The summed E-state index contributed by atoms with van der Waals surface area (Å²) >= 11 is 0. The summed E-state index contributed by atoms with van der Waals surface area (Å²) in [4.78, 5) is 13.0. The van der Waals surface area contributed by atoms with Crippen LogP contribution in [0.2, 0.25) is 0 Å². The molecule has 3 saturated carbocycles. The molecule has 0 aromatic carbocycles. The fourth-order valence-corrected chi connectivity index (χ4v) is 7.27. The summed E-state index contributed by atoms with van der Waals surface area (Å²) in [5, 5.41) is 14.5. The van der Waals surface area contributed by atoms with Crippen molar-refractivity contribution in [2.75, 3.05) is 0 Å². The van der Waals surface area contributed by atoms with Gasteiger partial charge in [0.2, 0.25) is 0 Å². The largest absolute Gasteiger partial charge is 0.393 e. The lowest BCUT2D eigenvalue weighted by atomic mass is 9.45. The van der Waals surface area contributed by atoms with Crippen molar-refractivity contribution >= 4 is 5.78 Å². The molecule has 4 aliphatic rings. The molecule has 5 rings (SSSR count). The van der Waals surface area contributed by atoms with E-state index in [2.05, 4.69) is 19.0 Å².